The number of fused-ring (bicyclic) bond motifs is 2. The first-order valence-corrected chi connectivity index (χ1v) is 4.12. The molecule has 2 saturated heterocycles. The van der Waals surface area contributed by atoms with E-state index < -0.39 is 0 Å². The lowest BCUT2D eigenvalue weighted by Gasteiger charge is -2.37. The first-order chi connectivity index (χ1) is 4.62. The van der Waals surface area contributed by atoms with Crippen LogP contribution in [0.3, 0.4) is 0 Å². The molecular formula is C8H16N2. The Kier molecular flexibility index (Phi) is 1.15. The quantitative estimate of drug-likeness (QED) is 0.511. The van der Waals surface area contributed by atoms with Gasteiger partial charge >= 0.3 is 0 Å². The third-order valence-corrected chi connectivity index (χ3v) is 2.86. The first kappa shape index (κ1) is 6.62. The van der Waals surface area contributed by atoms with Crippen molar-refractivity contribution in [1.82, 2.24) is 10.6 Å². The van der Waals surface area contributed by atoms with Crippen LogP contribution in [0.2, 0.25) is 0 Å². The van der Waals surface area contributed by atoms with Gasteiger partial charge in [-0.05, 0) is 26.7 Å². The molecular weight excluding hydrogens is 124 g/mol. The zero-order valence-electron chi connectivity index (χ0n) is 6.83. The second-order valence-corrected chi connectivity index (χ2v) is 4.35. The highest BCUT2D eigenvalue weighted by molar-refractivity contribution is 5.07. The van der Waals surface area contributed by atoms with Gasteiger partial charge in [-0.2, -0.15) is 0 Å². The summed E-state index contributed by atoms with van der Waals surface area (Å²) in [5.41, 5.74) is 0.792. The van der Waals surface area contributed by atoms with Gasteiger partial charge in [-0.1, -0.05) is 0 Å². The normalized spacial score (nSPS) is 53.4. The van der Waals surface area contributed by atoms with Gasteiger partial charge in [-0.3, -0.25) is 0 Å². The molecule has 2 bridgehead atoms. The fourth-order valence-electron chi connectivity index (χ4n) is 2.28. The van der Waals surface area contributed by atoms with E-state index in [1.165, 1.54) is 12.8 Å². The molecule has 2 aliphatic heterocycles. The predicted octanol–water partition coefficient (Wildman–Crippen LogP) is 0.490. The van der Waals surface area contributed by atoms with E-state index in [9.17, 15) is 0 Å². The summed E-state index contributed by atoms with van der Waals surface area (Å²) in [6.07, 6.45) is 2.66. The summed E-state index contributed by atoms with van der Waals surface area (Å²) in [5, 5.41) is 7.15. The van der Waals surface area contributed by atoms with E-state index in [1.54, 1.807) is 0 Å². The van der Waals surface area contributed by atoms with E-state index in [0.717, 1.165) is 13.1 Å². The van der Waals surface area contributed by atoms with Crippen LogP contribution < -0.4 is 10.6 Å². The molecule has 2 fully saturated rings. The predicted molar refractivity (Wildman–Crippen MR) is 42.0 cm³/mol. The molecule has 2 N–H and O–H groups in total. The van der Waals surface area contributed by atoms with Gasteiger partial charge in [0.05, 0.1) is 0 Å². The minimum absolute atomic E-state index is 0.396. The number of rotatable bonds is 0. The molecule has 10 heavy (non-hydrogen) atoms. The molecule has 2 heterocycles. The van der Waals surface area contributed by atoms with Gasteiger partial charge in [0.25, 0.3) is 0 Å². The molecule has 2 unspecified atom stereocenters. The first-order valence-electron chi connectivity index (χ1n) is 4.12. The van der Waals surface area contributed by atoms with Crippen molar-refractivity contribution in [2.75, 3.05) is 13.1 Å². The minimum atomic E-state index is 0.396. The molecule has 58 valence electrons. The molecule has 2 nitrogen and oxygen atoms in total. The largest absolute Gasteiger partial charge is 0.313 e. The summed E-state index contributed by atoms with van der Waals surface area (Å²) >= 11 is 0. The number of piperazine rings is 1. The third kappa shape index (κ3) is 0.867. The van der Waals surface area contributed by atoms with Crippen LogP contribution in [0.5, 0.6) is 0 Å². The van der Waals surface area contributed by atoms with Gasteiger partial charge in [0.15, 0.2) is 0 Å². The number of hydrogen-bond acceptors (Lipinski definition) is 2. The van der Waals surface area contributed by atoms with Gasteiger partial charge in [0, 0.05) is 24.2 Å². The third-order valence-electron chi connectivity index (χ3n) is 2.86. The van der Waals surface area contributed by atoms with Crippen molar-refractivity contribution < 1.29 is 0 Å². The molecule has 2 atom stereocenters. The number of hydrogen-bond donors (Lipinski definition) is 2. The van der Waals surface area contributed by atoms with Crippen LogP contribution in [0.1, 0.15) is 26.7 Å². The molecule has 0 spiro atoms. The van der Waals surface area contributed by atoms with Crippen molar-refractivity contribution >= 4 is 0 Å². The molecule has 2 rings (SSSR count). The summed E-state index contributed by atoms with van der Waals surface area (Å²) in [4.78, 5) is 0. The van der Waals surface area contributed by atoms with E-state index in [1.807, 2.05) is 0 Å². The fourth-order valence-corrected chi connectivity index (χ4v) is 2.28. The van der Waals surface area contributed by atoms with E-state index in [4.69, 9.17) is 0 Å². The van der Waals surface area contributed by atoms with Gasteiger partial charge in [-0.25, -0.2) is 0 Å². The Labute approximate surface area is 62.4 Å². The molecule has 0 amide bonds. The number of nitrogens with one attached hydrogen (secondary N) is 2. The zero-order valence-corrected chi connectivity index (χ0v) is 6.83. The molecule has 0 aromatic heterocycles. The van der Waals surface area contributed by atoms with Gasteiger partial charge in [0.1, 0.15) is 0 Å². The van der Waals surface area contributed by atoms with E-state index in [0.29, 0.717) is 11.1 Å². The molecule has 2 heteroatoms. The highest BCUT2D eigenvalue weighted by Crippen LogP contribution is 2.32. The maximum Gasteiger partial charge on any atom is 0.0284 e. The van der Waals surface area contributed by atoms with Crippen molar-refractivity contribution in [2.24, 2.45) is 0 Å². The highest BCUT2D eigenvalue weighted by atomic mass is 15.2. The zero-order chi connectivity index (χ0) is 7.24. The molecule has 0 saturated carbocycles. The summed E-state index contributed by atoms with van der Waals surface area (Å²) in [7, 11) is 0. The Morgan fingerprint density at radius 2 is 1.50 bits per heavy atom. The van der Waals surface area contributed by atoms with Crippen LogP contribution in [0, 0.1) is 0 Å². The van der Waals surface area contributed by atoms with Crippen LogP contribution in [-0.4, -0.2) is 24.2 Å². The van der Waals surface area contributed by atoms with Gasteiger partial charge in [-0.15, -0.1) is 0 Å². The summed E-state index contributed by atoms with van der Waals surface area (Å²) in [5.74, 6) is 0. The fraction of sp³-hybridized carbons (Fsp3) is 1.00. The molecule has 0 aliphatic carbocycles. The smallest absolute Gasteiger partial charge is 0.0284 e. The van der Waals surface area contributed by atoms with Gasteiger partial charge < -0.3 is 10.6 Å². The summed E-state index contributed by atoms with van der Waals surface area (Å²) in [6.45, 7) is 6.90. The maximum absolute atomic E-state index is 3.68. The summed E-state index contributed by atoms with van der Waals surface area (Å²) < 4.78 is 0. The van der Waals surface area contributed by atoms with Crippen molar-refractivity contribution in [1.29, 1.82) is 0 Å². The second-order valence-electron chi connectivity index (χ2n) is 4.35. The second kappa shape index (κ2) is 1.74. The van der Waals surface area contributed by atoms with Crippen LogP contribution in [-0.2, 0) is 0 Å². The minimum Gasteiger partial charge on any atom is -0.313 e. The topological polar surface area (TPSA) is 24.1 Å². The maximum atomic E-state index is 3.68. The molecule has 0 aromatic carbocycles. The standard InChI is InChI=1S/C8H16N2/c1-7-3-4-8(2,10-7)6-9-5-7/h9-10H,3-6H2,1-2H3. The lowest BCUT2D eigenvalue weighted by molar-refractivity contribution is 0.254. The SMILES string of the molecule is CC12CCC(C)(CNC1)N2. The average molecular weight is 140 g/mol. The van der Waals surface area contributed by atoms with Crippen molar-refractivity contribution in [3.05, 3.63) is 0 Å². The van der Waals surface area contributed by atoms with E-state index >= 15 is 0 Å². The lowest BCUT2D eigenvalue weighted by Crippen LogP contribution is -2.61. The van der Waals surface area contributed by atoms with Crippen LogP contribution in [0.4, 0.5) is 0 Å². The molecule has 0 radical (unpaired) electrons. The molecule has 2 aliphatic rings. The Bertz CT molecular complexity index is 141. The Morgan fingerprint density at radius 1 is 1.00 bits per heavy atom. The van der Waals surface area contributed by atoms with E-state index in [-0.39, 0.29) is 0 Å². The van der Waals surface area contributed by atoms with Crippen LogP contribution >= 0.6 is 0 Å². The lowest BCUT2D eigenvalue weighted by atomic mass is 10.0. The van der Waals surface area contributed by atoms with E-state index in [2.05, 4.69) is 24.5 Å². The average Bonchev–Trinajstić information content (AvgIpc) is 2.03. The van der Waals surface area contributed by atoms with Crippen molar-refractivity contribution in [3.8, 4) is 0 Å². The highest BCUT2D eigenvalue weighted by Gasteiger charge is 2.44. The van der Waals surface area contributed by atoms with Gasteiger partial charge in [0.2, 0.25) is 0 Å². The Balaban J connectivity index is 2.20. The van der Waals surface area contributed by atoms with Crippen LogP contribution in [0.25, 0.3) is 0 Å². The van der Waals surface area contributed by atoms with Crippen LogP contribution in [0.15, 0.2) is 0 Å². The summed E-state index contributed by atoms with van der Waals surface area (Å²) in [6, 6.07) is 0. The van der Waals surface area contributed by atoms with Crippen molar-refractivity contribution in [2.45, 2.75) is 37.8 Å². The molecule has 0 aromatic rings. The van der Waals surface area contributed by atoms with Crippen molar-refractivity contribution in [3.63, 3.8) is 0 Å². The Morgan fingerprint density at radius 3 is 1.90 bits per heavy atom. The Hall–Kier alpha value is -0.0800. The monoisotopic (exact) mass is 140 g/mol.